The Morgan fingerprint density at radius 3 is 3.18 bits per heavy atom. The zero-order chi connectivity index (χ0) is 11.7. The van der Waals surface area contributed by atoms with Gasteiger partial charge in [-0.1, -0.05) is 6.08 Å². The molecule has 3 nitrogen and oxygen atoms in total. The molecule has 1 fully saturated rings. The maximum absolute atomic E-state index is 8.89. The van der Waals surface area contributed by atoms with E-state index in [2.05, 4.69) is 22.4 Å². The van der Waals surface area contributed by atoms with Crippen molar-refractivity contribution < 1.29 is 0 Å². The molecule has 0 radical (unpaired) electrons. The highest BCUT2D eigenvalue weighted by Gasteiger charge is 2.29. The van der Waals surface area contributed by atoms with Crippen LogP contribution >= 0.6 is 0 Å². The van der Waals surface area contributed by atoms with Gasteiger partial charge < -0.3 is 5.32 Å². The topological polar surface area (TPSA) is 48.7 Å². The van der Waals surface area contributed by atoms with Crippen molar-refractivity contribution in [3.8, 4) is 6.07 Å². The van der Waals surface area contributed by atoms with Gasteiger partial charge >= 0.3 is 0 Å². The number of rotatable bonds is 1. The normalized spacial score (nSPS) is 27.1. The van der Waals surface area contributed by atoms with Gasteiger partial charge in [0, 0.05) is 18.4 Å². The Hall–Kier alpha value is -1.66. The van der Waals surface area contributed by atoms with Crippen LogP contribution in [0.1, 0.15) is 30.4 Å². The van der Waals surface area contributed by atoms with Crippen molar-refractivity contribution >= 4 is 5.57 Å². The summed E-state index contributed by atoms with van der Waals surface area (Å²) in [5, 5.41) is 12.4. The molecule has 2 aliphatic rings. The lowest BCUT2D eigenvalue weighted by molar-refractivity contribution is 0.341. The third-order valence-corrected chi connectivity index (χ3v) is 3.74. The van der Waals surface area contributed by atoms with Gasteiger partial charge in [0.1, 0.15) is 6.07 Å². The van der Waals surface area contributed by atoms with Gasteiger partial charge in [-0.25, -0.2) is 0 Å². The highest BCUT2D eigenvalue weighted by atomic mass is 14.9. The van der Waals surface area contributed by atoms with E-state index in [1.54, 1.807) is 6.20 Å². The zero-order valence-corrected chi connectivity index (χ0v) is 9.69. The first-order chi connectivity index (χ1) is 8.36. The molecule has 0 aromatic carbocycles. The number of allylic oxidation sites excluding steroid dienone is 1. The molecule has 2 heterocycles. The lowest BCUT2D eigenvalue weighted by atomic mass is 9.92. The number of nitriles is 1. The number of piperidine rings is 1. The second kappa shape index (κ2) is 4.31. The molecule has 86 valence electrons. The zero-order valence-electron chi connectivity index (χ0n) is 9.69. The number of nitrogens with one attached hydrogen (secondary N) is 1. The summed E-state index contributed by atoms with van der Waals surface area (Å²) in [5.41, 5.74) is 3.10. The van der Waals surface area contributed by atoms with Crippen LogP contribution in [0.15, 0.2) is 24.5 Å². The Balaban J connectivity index is 1.87. The van der Waals surface area contributed by atoms with E-state index in [0.29, 0.717) is 11.6 Å². The number of hydrogen-bond acceptors (Lipinski definition) is 3. The Morgan fingerprint density at radius 1 is 1.41 bits per heavy atom. The van der Waals surface area contributed by atoms with Crippen LogP contribution in [0, 0.1) is 17.2 Å². The quantitative estimate of drug-likeness (QED) is 0.796. The van der Waals surface area contributed by atoms with Crippen LogP contribution in [0.4, 0.5) is 0 Å². The minimum absolute atomic E-state index is 0.532. The molecule has 1 N–H and O–H groups in total. The standard InChI is InChI=1S/C14H15N3/c15-7-10-4-13(9-16-8-10)12-5-11-2-1-3-17-14(11)6-12/h4,6,8-9,11,14,17H,1-3,5H2/t11-,14+/m0/s1. The molecule has 1 aromatic rings. The Kier molecular flexibility index (Phi) is 2.66. The average molecular weight is 225 g/mol. The highest BCUT2D eigenvalue weighted by molar-refractivity contribution is 5.69. The van der Waals surface area contributed by atoms with E-state index in [0.717, 1.165) is 24.4 Å². The maximum atomic E-state index is 8.89. The number of aromatic nitrogens is 1. The summed E-state index contributed by atoms with van der Waals surface area (Å²) >= 11 is 0. The van der Waals surface area contributed by atoms with Gasteiger partial charge in [0.25, 0.3) is 0 Å². The Morgan fingerprint density at radius 2 is 2.35 bits per heavy atom. The summed E-state index contributed by atoms with van der Waals surface area (Å²) in [6.07, 6.45) is 9.51. The van der Waals surface area contributed by atoms with Crippen LogP contribution in [0.2, 0.25) is 0 Å². The number of nitrogens with zero attached hydrogens (tertiary/aromatic N) is 2. The number of hydrogen-bond donors (Lipinski definition) is 1. The Labute approximate surface area is 101 Å². The minimum atomic E-state index is 0.532. The molecule has 0 spiro atoms. The minimum Gasteiger partial charge on any atom is -0.310 e. The number of fused-ring (bicyclic) bond motifs is 1. The van der Waals surface area contributed by atoms with Crippen molar-refractivity contribution in [1.82, 2.24) is 10.3 Å². The van der Waals surface area contributed by atoms with Crippen LogP contribution in [-0.2, 0) is 0 Å². The molecule has 1 aliphatic heterocycles. The summed E-state index contributed by atoms with van der Waals surface area (Å²) in [7, 11) is 0. The summed E-state index contributed by atoms with van der Waals surface area (Å²) in [5.74, 6) is 0.740. The fourth-order valence-electron chi connectivity index (χ4n) is 2.86. The number of pyridine rings is 1. The molecule has 1 aromatic heterocycles. The van der Waals surface area contributed by atoms with E-state index in [4.69, 9.17) is 5.26 Å². The molecule has 0 saturated carbocycles. The summed E-state index contributed by atoms with van der Waals surface area (Å²) in [4.78, 5) is 4.13. The van der Waals surface area contributed by atoms with E-state index < -0.39 is 0 Å². The molecule has 0 amide bonds. The largest absolute Gasteiger partial charge is 0.310 e. The van der Waals surface area contributed by atoms with Crippen molar-refractivity contribution in [2.75, 3.05) is 6.54 Å². The molecule has 2 atom stereocenters. The second-order valence-electron chi connectivity index (χ2n) is 4.85. The molecule has 3 heteroatoms. The SMILES string of the molecule is N#Cc1cncc(C2=C[C@H]3NCCC[C@H]3C2)c1. The third kappa shape index (κ3) is 1.96. The molecule has 0 bridgehead atoms. The smallest absolute Gasteiger partial charge is 0.101 e. The maximum Gasteiger partial charge on any atom is 0.101 e. The van der Waals surface area contributed by atoms with Crippen LogP contribution in [-0.4, -0.2) is 17.6 Å². The lowest BCUT2D eigenvalue weighted by Crippen LogP contribution is -2.37. The summed E-state index contributed by atoms with van der Waals surface area (Å²) in [6.45, 7) is 1.13. The van der Waals surface area contributed by atoms with Gasteiger partial charge in [-0.3, -0.25) is 4.98 Å². The summed E-state index contributed by atoms with van der Waals surface area (Å²) in [6, 6.07) is 4.62. The van der Waals surface area contributed by atoms with Crippen molar-refractivity contribution in [2.24, 2.45) is 5.92 Å². The van der Waals surface area contributed by atoms with Gasteiger partial charge in [0.2, 0.25) is 0 Å². The van der Waals surface area contributed by atoms with Gasteiger partial charge in [-0.2, -0.15) is 5.26 Å². The van der Waals surface area contributed by atoms with Crippen molar-refractivity contribution in [3.63, 3.8) is 0 Å². The van der Waals surface area contributed by atoms with Crippen LogP contribution in [0.25, 0.3) is 5.57 Å². The van der Waals surface area contributed by atoms with E-state index >= 15 is 0 Å². The summed E-state index contributed by atoms with van der Waals surface area (Å²) < 4.78 is 0. The van der Waals surface area contributed by atoms with Gasteiger partial charge in [0.15, 0.2) is 0 Å². The first-order valence-corrected chi connectivity index (χ1v) is 6.16. The molecular formula is C14H15N3. The van der Waals surface area contributed by atoms with Gasteiger partial charge in [0.05, 0.1) is 5.56 Å². The van der Waals surface area contributed by atoms with E-state index in [1.807, 2.05) is 12.3 Å². The predicted molar refractivity (Wildman–Crippen MR) is 66.1 cm³/mol. The van der Waals surface area contributed by atoms with Crippen LogP contribution < -0.4 is 5.32 Å². The van der Waals surface area contributed by atoms with E-state index in [9.17, 15) is 0 Å². The predicted octanol–water partition coefficient (Wildman–Crippen LogP) is 2.11. The second-order valence-corrected chi connectivity index (χ2v) is 4.85. The third-order valence-electron chi connectivity index (χ3n) is 3.74. The van der Waals surface area contributed by atoms with Gasteiger partial charge in [-0.05, 0) is 48.9 Å². The van der Waals surface area contributed by atoms with E-state index in [-0.39, 0.29) is 0 Å². The van der Waals surface area contributed by atoms with E-state index in [1.165, 1.54) is 18.4 Å². The lowest BCUT2D eigenvalue weighted by Gasteiger charge is -2.25. The fraction of sp³-hybridized carbons (Fsp3) is 0.429. The molecular weight excluding hydrogens is 210 g/mol. The van der Waals surface area contributed by atoms with Crippen molar-refractivity contribution in [1.29, 1.82) is 5.26 Å². The first-order valence-electron chi connectivity index (χ1n) is 6.16. The van der Waals surface area contributed by atoms with Crippen molar-refractivity contribution in [3.05, 3.63) is 35.7 Å². The molecule has 1 saturated heterocycles. The Bertz CT molecular complexity index is 498. The molecule has 0 unspecified atom stereocenters. The monoisotopic (exact) mass is 225 g/mol. The molecule has 17 heavy (non-hydrogen) atoms. The van der Waals surface area contributed by atoms with Crippen LogP contribution in [0.5, 0.6) is 0 Å². The first kappa shape index (κ1) is 10.5. The highest BCUT2D eigenvalue weighted by Crippen LogP contribution is 2.36. The molecule has 3 rings (SSSR count). The van der Waals surface area contributed by atoms with Crippen molar-refractivity contribution in [2.45, 2.75) is 25.3 Å². The average Bonchev–Trinajstić information content (AvgIpc) is 2.82. The van der Waals surface area contributed by atoms with Crippen LogP contribution in [0.3, 0.4) is 0 Å². The van der Waals surface area contributed by atoms with Gasteiger partial charge in [-0.15, -0.1) is 0 Å². The fourth-order valence-corrected chi connectivity index (χ4v) is 2.86. The molecule has 1 aliphatic carbocycles.